The zero-order valence-corrected chi connectivity index (χ0v) is 14.0. The number of benzene rings is 1. The van der Waals surface area contributed by atoms with Crippen LogP contribution in [0.15, 0.2) is 53.2 Å². The van der Waals surface area contributed by atoms with Gasteiger partial charge in [-0.05, 0) is 30.7 Å². The van der Waals surface area contributed by atoms with Crippen LogP contribution in [0.4, 0.5) is 18.9 Å². The number of alkyl halides is 3. The summed E-state index contributed by atoms with van der Waals surface area (Å²) < 4.78 is 43.9. The number of hydrogen-bond donors (Lipinski definition) is 1. The lowest BCUT2D eigenvalue weighted by atomic mass is 10.1. The van der Waals surface area contributed by atoms with Gasteiger partial charge in [-0.2, -0.15) is 18.2 Å². The number of rotatable bonds is 6. The number of halogens is 3. The molecule has 0 spiro atoms. The number of pyridine rings is 1. The number of hydrogen-bond acceptors (Lipinski definition) is 5. The molecule has 0 aliphatic carbocycles. The Morgan fingerprint density at radius 3 is 2.63 bits per heavy atom. The van der Waals surface area contributed by atoms with Crippen molar-refractivity contribution in [1.82, 2.24) is 15.1 Å². The highest BCUT2D eigenvalue weighted by Crippen LogP contribution is 2.34. The molecule has 0 fully saturated rings. The Morgan fingerprint density at radius 1 is 1.11 bits per heavy atom. The van der Waals surface area contributed by atoms with Gasteiger partial charge in [0.25, 0.3) is 0 Å². The Bertz CT molecular complexity index is 910. The first-order valence-corrected chi connectivity index (χ1v) is 8.13. The van der Waals surface area contributed by atoms with E-state index < -0.39 is 17.6 Å². The van der Waals surface area contributed by atoms with E-state index in [2.05, 4.69) is 20.4 Å². The number of aromatic nitrogens is 3. The molecule has 0 saturated heterocycles. The van der Waals surface area contributed by atoms with Crippen LogP contribution >= 0.6 is 0 Å². The highest BCUT2D eigenvalue weighted by molar-refractivity contribution is 5.91. The number of carbonyl (C=O) groups excluding carboxylic acids is 1. The smallest absolute Gasteiger partial charge is 0.339 e. The molecule has 6 nitrogen and oxygen atoms in total. The van der Waals surface area contributed by atoms with Crippen molar-refractivity contribution in [3.63, 3.8) is 0 Å². The quantitative estimate of drug-likeness (QED) is 0.700. The average Bonchev–Trinajstić information content (AvgIpc) is 3.11. The van der Waals surface area contributed by atoms with Crippen LogP contribution in [0.5, 0.6) is 0 Å². The standard InChI is InChI=1S/C18H15F3N4O2/c19-18(20,21)12-6-1-2-7-13(12)23-15(26)9-5-10-16-24-17(25-27-16)14-8-3-4-11-22-14/h1-4,6-8,11H,5,9-10H2,(H,23,26). The van der Waals surface area contributed by atoms with Crippen LogP contribution < -0.4 is 5.32 Å². The molecule has 0 aliphatic rings. The summed E-state index contributed by atoms with van der Waals surface area (Å²) in [4.78, 5) is 20.2. The van der Waals surface area contributed by atoms with Crippen LogP contribution in [0.25, 0.3) is 11.5 Å². The summed E-state index contributed by atoms with van der Waals surface area (Å²) >= 11 is 0. The van der Waals surface area contributed by atoms with E-state index in [4.69, 9.17) is 4.52 Å². The van der Waals surface area contributed by atoms with Crippen molar-refractivity contribution in [3.05, 3.63) is 60.1 Å². The van der Waals surface area contributed by atoms with Gasteiger partial charge in [-0.15, -0.1) is 0 Å². The van der Waals surface area contributed by atoms with Crippen molar-refractivity contribution >= 4 is 11.6 Å². The topological polar surface area (TPSA) is 80.9 Å². The lowest BCUT2D eigenvalue weighted by Gasteiger charge is -2.13. The van der Waals surface area contributed by atoms with E-state index in [1.54, 1.807) is 24.4 Å². The molecule has 1 amide bonds. The molecule has 2 aromatic heterocycles. The molecule has 0 radical (unpaired) electrons. The van der Waals surface area contributed by atoms with Gasteiger partial charge in [0.05, 0.1) is 11.3 Å². The normalized spacial score (nSPS) is 11.4. The number of amides is 1. The number of nitrogens with zero attached hydrogens (tertiary/aromatic N) is 3. The molecule has 9 heteroatoms. The number of nitrogens with one attached hydrogen (secondary N) is 1. The van der Waals surface area contributed by atoms with Gasteiger partial charge in [0, 0.05) is 19.0 Å². The number of anilines is 1. The maximum Gasteiger partial charge on any atom is 0.418 e. The third kappa shape index (κ3) is 4.90. The molecule has 0 aliphatic heterocycles. The minimum absolute atomic E-state index is 0.0213. The van der Waals surface area contributed by atoms with Crippen LogP contribution in [-0.2, 0) is 17.4 Å². The molecule has 0 bridgehead atoms. The summed E-state index contributed by atoms with van der Waals surface area (Å²) in [6.45, 7) is 0. The molecule has 0 unspecified atom stereocenters. The van der Waals surface area contributed by atoms with Crippen molar-refractivity contribution in [2.45, 2.75) is 25.4 Å². The molecule has 0 saturated carbocycles. The van der Waals surface area contributed by atoms with Gasteiger partial charge in [0.2, 0.25) is 17.6 Å². The summed E-state index contributed by atoms with van der Waals surface area (Å²) in [5.74, 6) is 0.157. The minimum atomic E-state index is -4.53. The zero-order chi connectivity index (χ0) is 19.3. The summed E-state index contributed by atoms with van der Waals surface area (Å²) in [5, 5.41) is 6.12. The summed E-state index contributed by atoms with van der Waals surface area (Å²) in [6.07, 6.45) is -2.23. The summed E-state index contributed by atoms with van der Waals surface area (Å²) in [5.41, 5.74) is -0.575. The van der Waals surface area contributed by atoms with Crippen molar-refractivity contribution in [3.8, 4) is 11.5 Å². The molecular weight excluding hydrogens is 361 g/mol. The van der Waals surface area contributed by atoms with Gasteiger partial charge in [0.15, 0.2) is 0 Å². The second-order valence-corrected chi connectivity index (χ2v) is 5.67. The maximum absolute atomic E-state index is 12.9. The Hall–Kier alpha value is -3.23. The van der Waals surface area contributed by atoms with Crippen molar-refractivity contribution in [2.75, 3.05) is 5.32 Å². The molecule has 3 rings (SSSR count). The van der Waals surface area contributed by atoms with E-state index in [9.17, 15) is 18.0 Å². The second kappa shape index (κ2) is 7.98. The average molecular weight is 376 g/mol. The van der Waals surface area contributed by atoms with Gasteiger partial charge in [-0.1, -0.05) is 23.4 Å². The molecule has 140 valence electrons. The van der Waals surface area contributed by atoms with Gasteiger partial charge >= 0.3 is 6.18 Å². The van der Waals surface area contributed by atoms with E-state index in [1.807, 2.05) is 0 Å². The minimum Gasteiger partial charge on any atom is -0.339 e. The van der Waals surface area contributed by atoms with Gasteiger partial charge < -0.3 is 9.84 Å². The van der Waals surface area contributed by atoms with Crippen LogP contribution in [0.2, 0.25) is 0 Å². The lowest BCUT2D eigenvalue weighted by Crippen LogP contribution is -2.16. The maximum atomic E-state index is 12.9. The Kier molecular flexibility index (Phi) is 5.49. The van der Waals surface area contributed by atoms with Crippen LogP contribution in [0.3, 0.4) is 0 Å². The molecule has 1 aromatic carbocycles. The van der Waals surface area contributed by atoms with E-state index >= 15 is 0 Å². The fraction of sp³-hybridized carbons (Fsp3) is 0.222. The van der Waals surface area contributed by atoms with E-state index in [1.165, 1.54) is 18.2 Å². The van der Waals surface area contributed by atoms with Crippen molar-refractivity contribution in [1.29, 1.82) is 0 Å². The third-order valence-corrected chi connectivity index (χ3v) is 3.66. The predicted molar refractivity (Wildman–Crippen MR) is 90.5 cm³/mol. The summed E-state index contributed by atoms with van der Waals surface area (Å²) in [6, 6.07) is 10.1. The first-order valence-electron chi connectivity index (χ1n) is 8.13. The van der Waals surface area contributed by atoms with E-state index in [0.717, 1.165) is 6.07 Å². The Morgan fingerprint density at radius 2 is 1.89 bits per heavy atom. The highest BCUT2D eigenvalue weighted by Gasteiger charge is 2.33. The number of para-hydroxylation sites is 1. The van der Waals surface area contributed by atoms with Gasteiger partial charge in [-0.3, -0.25) is 9.78 Å². The van der Waals surface area contributed by atoms with Crippen molar-refractivity contribution < 1.29 is 22.5 Å². The second-order valence-electron chi connectivity index (χ2n) is 5.67. The molecule has 0 atom stereocenters. The van der Waals surface area contributed by atoms with Crippen molar-refractivity contribution in [2.24, 2.45) is 0 Å². The van der Waals surface area contributed by atoms with Gasteiger partial charge in [0.1, 0.15) is 5.69 Å². The molecule has 27 heavy (non-hydrogen) atoms. The first kappa shape index (κ1) is 18.6. The monoisotopic (exact) mass is 376 g/mol. The van der Waals surface area contributed by atoms with E-state index in [0.29, 0.717) is 30.3 Å². The largest absolute Gasteiger partial charge is 0.418 e. The fourth-order valence-electron chi connectivity index (χ4n) is 2.41. The molecular formula is C18H15F3N4O2. The Balaban J connectivity index is 1.53. The van der Waals surface area contributed by atoms with E-state index in [-0.39, 0.29) is 12.1 Å². The first-order chi connectivity index (χ1) is 12.9. The Labute approximate surface area is 152 Å². The summed E-state index contributed by atoms with van der Waals surface area (Å²) in [7, 11) is 0. The van der Waals surface area contributed by atoms with Crippen LogP contribution in [-0.4, -0.2) is 21.0 Å². The zero-order valence-electron chi connectivity index (χ0n) is 14.0. The number of aryl methyl sites for hydroxylation is 1. The van der Waals surface area contributed by atoms with Gasteiger partial charge in [-0.25, -0.2) is 0 Å². The number of carbonyl (C=O) groups is 1. The predicted octanol–water partition coefficient (Wildman–Crippen LogP) is 4.11. The molecule has 3 aromatic rings. The molecule has 1 N–H and O–H groups in total. The highest BCUT2D eigenvalue weighted by atomic mass is 19.4. The van der Waals surface area contributed by atoms with Crippen LogP contribution in [0.1, 0.15) is 24.3 Å². The fourth-order valence-corrected chi connectivity index (χ4v) is 2.41. The molecule has 2 heterocycles. The van der Waals surface area contributed by atoms with Crippen LogP contribution in [0, 0.1) is 0 Å². The third-order valence-electron chi connectivity index (χ3n) is 3.66. The SMILES string of the molecule is O=C(CCCc1nc(-c2ccccn2)no1)Nc1ccccc1C(F)(F)F. The lowest BCUT2D eigenvalue weighted by molar-refractivity contribution is -0.137.